The summed E-state index contributed by atoms with van der Waals surface area (Å²) >= 11 is 0. The van der Waals surface area contributed by atoms with Crippen LogP contribution in [0.15, 0.2) is 12.4 Å². The maximum absolute atomic E-state index is 11.7. The highest BCUT2D eigenvalue weighted by molar-refractivity contribution is 5.94. The Balaban J connectivity index is 2.71. The minimum atomic E-state index is -0.563. The highest BCUT2D eigenvalue weighted by Crippen LogP contribution is 2.09. The summed E-state index contributed by atoms with van der Waals surface area (Å²) in [4.78, 5) is 11.7. The predicted octanol–water partition coefficient (Wildman–Crippen LogP) is 0.311. The maximum atomic E-state index is 11.7. The molecule has 0 aliphatic rings. The molecule has 0 saturated carbocycles. The van der Waals surface area contributed by atoms with Gasteiger partial charge in [0.25, 0.3) is 5.91 Å². The third-order valence-electron chi connectivity index (χ3n) is 2.51. The second-order valence-electron chi connectivity index (χ2n) is 3.93. The quantitative estimate of drug-likeness (QED) is 0.753. The first-order chi connectivity index (χ1) is 7.00. The highest BCUT2D eigenvalue weighted by atomic mass is 16.3. The summed E-state index contributed by atoms with van der Waals surface area (Å²) in [5.41, 5.74) is -0.0574. The van der Waals surface area contributed by atoms with Crippen molar-refractivity contribution in [3.63, 3.8) is 0 Å². The van der Waals surface area contributed by atoms with E-state index in [-0.39, 0.29) is 12.5 Å². The van der Waals surface area contributed by atoms with Crippen LogP contribution < -0.4 is 5.32 Å². The van der Waals surface area contributed by atoms with Crippen molar-refractivity contribution in [1.82, 2.24) is 15.1 Å². The first kappa shape index (κ1) is 11.7. The van der Waals surface area contributed by atoms with E-state index in [9.17, 15) is 4.79 Å². The van der Waals surface area contributed by atoms with Gasteiger partial charge in [0, 0.05) is 13.2 Å². The van der Waals surface area contributed by atoms with Crippen LogP contribution in [0.2, 0.25) is 0 Å². The third kappa shape index (κ3) is 2.79. The molecular formula is C10H17N3O2. The van der Waals surface area contributed by atoms with E-state index in [0.29, 0.717) is 12.0 Å². The fraction of sp³-hybridized carbons (Fsp3) is 0.600. The molecule has 2 N–H and O–H groups in total. The van der Waals surface area contributed by atoms with Crippen LogP contribution in [0.1, 0.15) is 30.6 Å². The van der Waals surface area contributed by atoms with Gasteiger partial charge in [-0.1, -0.05) is 6.92 Å². The van der Waals surface area contributed by atoms with Gasteiger partial charge in [0.05, 0.1) is 23.9 Å². The molecule has 0 aromatic carbocycles. The molecule has 1 amide bonds. The van der Waals surface area contributed by atoms with E-state index in [4.69, 9.17) is 5.11 Å². The molecule has 5 nitrogen and oxygen atoms in total. The monoisotopic (exact) mass is 211 g/mol. The lowest BCUT2D eigenvalue weighted by Crippen LogP contribution is -2.48. The van der Waals surface area contributed by atoms with Crippen molar-refractivity contribution in [1.29, 1.82) is 0 Å². The Labute approximate surface area is 89.1 Å². The van der Waals surface area contributed by atoms with Gasteiger partial charge in [0.1, 0.15) is 0 Å². The molecule has 1 aromatic rings. The summed E-state index contributed by atoms with van der Waals surface area (Å²) in [7, 11) is 1.75. The third-order valence-corrected chi connectivity index (χ3v) is 2.51. The predicted molar refractivity (Wildman–Crippen MR) is 56.5 cm³/mol. The number of aliphatic hydroxyl groups excluding tert-OH is 1. The lowest BCUT2D eigenvalue weighted by Gasteiger charge is -2.26. The van der Waals surface area contributed by atoms with Gasteiger partial charge in [-0.2, -0.15) is 5.10 Å². The lowest BCUT2D eigenvalue weighted by molar-refractivity contribution is 0.0847. The molecule has 1 atom stereocenters. The number of aromatic nitrogens is 2. The summed E-state index contributed by atoms with van der Waals surface area (Å²) in [5, 5.41) is 15.8. The number of carbonyl (C=O) groups excluding carboxylic acids is 1. The average Bonchev–Trinajstić information content (AvgIpc) is 2.65. The molecule has 1 aromatic heterocycles. The number of amides is 1. The van der Waals surface area contributed by atoms with Crippen molar-refractivity contribution >= 4 is 5.91 Å². The standard InChI is InChI=1S/C10H17N3O2/c1-4-10(2,7-14)12-9(15)8-5-11-13(3)6-8/h5-6,14H,4,7H2,1-3H3,(H,12,15). The van der Waals surface area contributed by atoms with Crippen LogP contribution in [0, 0.1) is 0 Å². The number of aliphatic hydroxyl groups is 1. The van der Waals surface area contributed by atoms with Gasteiger partial charge >= 0.3 is 0 Å². The van der Waals surface area contributed by atoms with E-state index < -0.39 is 5.54 Å². The molecule has 0 bridgehead atoms. The van der Waals surface area contributed by atoms with Crippen molar-refractivity contribution < 1.29 is 9.90 Å². The minimum Gasteiger partial charge on any atom is -0.394 e. The Hall–Kier alpha value is -1.36. The summed E-state index contributed by atoms with van der Waals surface area (Å²) in [6, 6.07) is 0. The molecule has 5 heteroatoms. The fourth-order valence-corrected chi connectivity index (χ4v) is 1.12. The molecule has 1 rings (SSSR count). The Morgan fingerprint density at radius 3 is 2.80 bits per heavy atom. The Kier molecular flexibility index (Phi) is 3.47. The summed E-state index contributed by atoms with van der Waals surface area (Å²) < 4.78 is 1.57. The van der Waals surface area contributed by atoms with Crippen LogP contribution >= 0.6 is 0 Å². The van der Waals surface area contributed by atoms with Gasteiger partial charge < -0.3 is 10.4 Å². The second kappa shape index (κ2) is 4.44. The topological polar surface area (TPSA) is 67.2 Å². The van der Waals surface area contributed by atoms with Gasteiger partial charge in [-0.15, -0.1) is 0 Å². The fourth-order valence-electron chi connectivity index (χ4n) is 1.12. The van der Waals surface area contributed by atoms with E-state index in [0.717, 1.165) is 0 Å². The maximum Gasteiger partial charge on any atom is 0.254 e. The van der Waals surface area contributed by atoms with Gasteiger partial charge in [-0.25, -0.2) is 0 Å². The van der Waals surface area contributed by atoms with Crippen LogP contribution in [0.5, 0.6) is 0 Å². The molecule has 1 heterocycles. The number of nitrogens with one attached hydrogen (secondary N) is 1. The zero-order valence-corrected chi connectivity index (χ0v) is 9.32. The van der Waals surface area contributed by atoms with Gasteiger partial charge in [-0.05, 0) is 13.3 Å². The van der Waals surface area contributed by atoms with E-state index in [1.807, 2.05) is 6.92 Å². The van der Waals surface area contributed by atoms with Crippen LogP contribution in [-0.4, -0.2) is 32.9 Å². The van der Waals surface area contributed by atoms with E-state index >= 15 is 0 Å². The molecule has 0 spiro atoms. The normalized spacial score (nSPS) is 14.7. The van der Waals surface area contributed by atoms with Crippen molar-refractivity contribution in [3.05, 3.63) is 18.0 Å². The molecule has 15 heavy (non-hydrogen) atoms. The Morgan fingerprint density at radius 2 is 2.40 bits per heavy atom. The number of hydrogen-bond acceptors (Lipinski definition) is 3. The van der Waals surface area contributed by atoms with E-state index in [1.165, 1.54) is 6.20 Å². The van der Waals surface area contributed by atoms with Crippen LogP contribution in [0.3, 0.4) is 0 Å². The highest BCUT2D eigenvalue weighted by Gasteiger charge is 2.24. The summed E-state index contributed by atoms with van der Waals surface area (Å²) in [5.74, 6) is -0.207. The van der Waals surface area contributed by atoms with Crippen LogP contribution in [0.4, 0.5) is 0 Å². The molecule has 0 fully saturated rings. The molecule has 84 valence electrons. The number of nitrogens with zero attached hydrogens (tertiary/aromatic N) is 2. The summed E-state index contributed by atoms with van der Waals surface area (Å²) in [6.07, 6.45) is 3.82. The van der Waals surface area contributed by atoms with Crippen LogP contribution in [-0.2, 0) is 7.05 Å². The Bertz CT molecular complexity index is 342. The van der Waals surface area contributed by atoms with E-state index in [1.54, 1.807) is 24.9 Å². The summed E-state index contributed by atoms with van der Waals surface area (Å²) in [6.45, 7) is 3.65. The van der Waals surface area contributed by atoms with E-state index in [2.05, 4.69) is 10.4 Å². The van der Waals surface area contributed by atoms with Gasteiger partial charge in [0.15, 0.2) is 0 Å². The molecule has 0 aliphatic heterocycles. The Morgan fingerprint density at radius 1 is 1.73 bits per heavy atom. The van der Waals surface area contributed by atoms with Gasteiger partial charge in [0.2, 0.25) is 0 Å². The number of rotatable bonds is 4. The zero-order chi connectivity index (χ0) is 11.5. The SMILES string of the molecule is CCC(C)(CO)NC(=O)c1cnn(C)c1. The smallest absolute Gasteiger partial charge is 0.254 e. The average molecular weight is 211 g/mol. The lowest BCUT2D eigenvalue weighted by atomic mass is 10.00. The number of carbonyl (C=O) groups is 1. The molecule has 0 aliphatic carbocycles. The van der Waals surface area contributed by atoms with Crippen molar-refractivity contribution in [2.45, 2.75) is 25.8 Å². The second-order valence-corrected chi connectivity index (χ2v) is 3.93. The van der Waals surface area contributed by atoms with Crippen LogP contribution in [0.25, 0.3) is 0 Å². The van der Waals surface area contributed by atoms with Crippen molar-refractivity contribution in [2.24, 2.45) is 7.05 Å². The molecule has 0 radical (unpaired) electrons. The van der Waals surface area contributed by atoms with Crippen molar-refractivity contribution in [2.75, 3.05) is 6.61 Å². The molecule has 0 saturated heterocycles. The minimum absolute atomic E-state index is 0.0739. The number of aryl methyl sites for hydroxylation is 1. The first-order valence-corrected chi connectivity index (χ1v) is 4.93. The molecular weight excluding hydrogens is 194 g/mol. The largest absolute Gasteiger partial charge is 0.394 e. The number of hydrogen-bond donors (Lipinski definition) is 2. The van der Waals surface area contributed by atoms with Gasteiger partial charge in [-0.3, -0.25) is 9.48 Å². The first-order valence-electron chi connectivity index (χ1n) is 4.93. The van der Waals surface area contributed by atoms with Crippen molar-refractivity contribution in [3.8, 4) is 0 Å². The zero-order valence-electron chi connectivity index (χ0n) is 9.32. The molecule has 1 unspecified atom stereocenters.